The number of benzene rings is 1. The number of nitrogens with zero attached hydrogens (tertiary/aromatic N) is 5. The van der Waals surface area contributed by atoms with Crippen molar-refractivity contribution in [2.24, 2.45) is 5.73 Å². The summed E-state index contributed by atoms with van der Waals surface area (Å²) in [7, 11) is 0. The lowest BCUT2D eigenvalue weighted by Gasteiger charge is -2.34. The fourth-order valence-electron chi connectivity index (χ4n) is 3.69. The van der Waals surface area contributed by atoms with Crippen LogP contribution >= 0.6 is 23.2 Å². The van der Waals surface area contributed by atoms with Gasteiger partial charge >= 0.3 is 0 Å². The Morgan fingerprint density at radius 3 is 2.54 bits per heavy atom. The Bertz CT molecular complexity index is 1190. The third-order valence-electron chi connectivity index (χ3n) is 5.60. The summed E-state index contributed by atoms with van der Waals surface area (Å²) < 4.78 is 19.4. The Labute approximate surface area is 216 Å². The highest BCUT2D eigenvalue weighted by molar-refractivity contribution is 7.88. The molecular formula is C22H24Cl2N8O2S. The first-order chi connectivity index (χ1) is 16.7. The molecule has 0 radical (unpaired) electrons. The molecular weight excluding hydrogens is 511 g/mol. The van der Waals surface area contributed by atoms with Crippen LogP contribution in [-0.4, -0.2) is 62.2 Å². The molecule has 4 rings (SSSR count). The van der Waals surface area contributed by atoms with E-state index in [9.17, 15) is 4.55 Å². The number of anilines is 2. The van der Waals surface area contributed by atoms with Crippen LogP contribution in [0.2, 0.25) is 10.2 Å². The highest BCUT2D eigenvalue weighted by Crippen LogP contribution is 2.30. The lowest BCUT2D eigenvalue weighted by Crippen LogP contribution is -2.48. The molecule has 3 aromatic rings. The molecule has 1 unspecified atom stereocenters. The van der Waals surface area contributed by atoms with E-state index in [1.807, 2.05) is 16.4 Å². The van der Waals surface area contributed by atoms with Gasteiger partial charge < -0.3 is 19.9 Å². The topological polar surface area (TPSA) is 153 Å². The van der Waals surface area contributed by atoms with Crippen molar-refractivity contribution in [3.63, 3.8) is 0 Å². The van der Waals surface area contributed by atoms with Crippen LogP contribution in [0.25, 0.3) is 0 Å². The van der Waals surface area contributed by atoms with Crippen LogP contribution in [0.1, 0.15) is 22.9 Å². The summed E-state index contributed by atoms with van der Waals surface area (Å²) in [6.45, 7) is 2.88. The Hall–Kier alpha value is -2.67. The molecule has 3 heterocycles. The maximum atomic E-state index is 11.6. The third-order valence-corrected chi connectivity index (χ3v) is 7.27. The summed E-state index contributed by atoms with van der Waals surface area (Å²) in [5.41, 5.74) is 14.3. The van der Waals surface area contributed by atoms with Crippen molar-refractivity contribution in [1.29, 1.82) is 5.41 Å². The second-order valence-corrected chi connectivity index (χ2v) is 9.93. The fraction of sp³-hybridized carbons (Fsp3) is 0.273. The summed E-state index contributed by atoms with van der Waals surface area (Å²) in [5, 5.41) is 16.4. The van der Waals surface area contributed by atoms with Crippen LogP contribution in [0, 0.1) is 5.41 Å². The van der Waals surface area contributed by atoms with Gasteiger partial charge in [-0.25, -0.2) is 4.98 Å². The first-order valence-electron chi connectivity index (χ1n) is 10.6. The number of hydrogen-bond acceptors (Lipinski definition) is 10. The first-order valence-corrected chi connectivity index (χ1v) is 12.9. The summed E-state index contributed by atoms with van der Waals surface area (Å²) in [6, 6.07) is 8.61. The monoisotopic (exact) mass is 534 g/mol. The predicted molar refractivity (Wildman–Crippen MR) is 138 cm³/mol. The number of hydrogen-bond donors (Lipinski definition) is 3. The number of nitrogens with two attached hydrogens (primary N) is 2. The second kappa shape index (κ2) is 10.9. The maximum Gasteiger partial charge on any atom is 0.178 e. The zero-order chi connectivity index (χ0) is 25.1. The lowest BCUT2D eigenvalue weighted by atomic mass is 10.0. The van der Waals surface area contributed by atoms with Crippen LogP contribution < -0.4 is 21.1 Å². The Morgan fingerprint density at radius 1 is 1.17 bits per heavy atom. The van der Waals surface area contributed by atoms with Crippen molar-refractivity contribution in [3.05, 3.63) is 69.6 Å². The lowest BCUT2D eigenvalue weighted by molar-refractivity contribution is 0.213. The van der Waals surface area contributed by atoms with Gasteiger partial charge in [-0.3, -0.25) is 11.1 Å². The minimum Gasteiger partial charge on any atom is -0.598 e. The van der Waals surface area contributed by atoms with E-state index in [1.54, 1.807) is 30.7 Å². The molecule has 10 nitrogen and oxygen atoms in total. The van der Waals surface area contributed by atoms with Gasteiger partial charge in [0.15, 0.2) is 11.4 Å². The first kappa shape index (κ1) is 25.4. The molecule has 0 bridgehead atoms. The third kappa shape index (κ3) is 5.77. The Kier molecular flexibility index (Phi) is 7.95. The Morgan fingerprint density at radius 2 is 1.91 bits per heavy atom. The highest BCUT2D eigenvalue weighted by Gasteiger charge is 2.24. The molecule has 13 heteroatoms. The van der Waals surface area contributed by atoms with Crippen LogP contribution in [0.3, 0.4) is 0 Å². The maximum absolute atomic E-state index is 11.6. The predicted octanol–water partition coefficient (Wildman–Crippen LogP) is 2.63. The summed E-state index contributed by atoms with van der Waals surface area (Å²) in [4.78, 5) is 6.67. The molecule has 35 heavy (non-hydrogen) atoms. The number of aromatic nitrogens is 3. The average Bonchev–Trinajstić information content (AvgIpc) is 2.85. The molecule has 1 saturated heterocycles. The largest absolute Gasteiger partial charge is 0.598 e. The SMILES string of the molecule is C[S+]([O-])N1CCN(c2ccc(C(=N)c3cc(O[C@H](N)c4c(Cl)cnnc4Cl)ccc3N)cn2)CC1. The van der Waals surface area contributed by atoms with E-state index in [1.165, 1.54) is 6.20 Å². The summed E-state index contributed by atoms with van der Waals surface area (Å²) in [6.07, 6.45) is 3.66. The van der Waals surface area contributed by atoms with Crippen LogP contribution in [0.15, 0.2) is 42.7 Å². The molecule has 0 aliphatic carbocycles. The normalized spacial score (nSPS) is 16.1. The molecule has 184 valence electrons. The molecule has 1 aliphatic heterocycles. The van der Waals surface area contributed by atoms with Gasteiger partial charge in [0.1, 0.15) is 17.8 Å². The number of rotatable bonds is 7. The van der Waals surface area contributed by atoms with Gasteiger partial charge in [0, 0.05) is 47.5 Å². The van der Waals surface area contributed by atoms with E-state index in [0.29, 0.717) is 41.2 Å². The van der Waals surface area contributed by atoms with E-state index < -0.39 is 17.6 Å². The fourth-order valence-corrected chi connectivity index (χ4v) is 4.91. The van der Waals surface area contributed by atoms with Crippen molar-refractivity contribution in [2.75, 3.05) is 43.1 Å². The summed E-state index contributed by atoms with van der Waals surface area (Å²) >= 11 is 11.2. The molecule has 2 aromatic heterocycles. The van der Waals surface area contributed by atoms with Crippen LogP contribution in [0.5, 0.6) is 5.75 Å². The van der Waals surface area contributed by atoms with Gasteiger partial charge in [0.05, 0.1) is 35.6 Å². The molecule has 0 amide bonds. The summed E-state index contributed by atoms with van der Waals surface area (Å²) in [5.74, 6) is 1.19. The average molecular weight is 535 g/mol. The molecule has 2 atom stereocenters. The smallest absolute Gasteiger partial charge is 0.178 e. The highest BCUT2D eigenvalue weighted by atomic mass is 35.5. The number of pyridine rings is 1. The minimum atomic E-state index is -0.997. The standard InChI is InChI=1S/C22H24Cl2N8O2S/c1-35(33)32-8-6-31(7-9-32)18-5-2-13(11-28-18)20(26)15-10-14(3-4-17(15)25)34-22(27)19-16(23)12-29-30-21(19)24/h2-5,10-12,22,26H,6-9,25,27H2,1H3/t22-,35?/m0/s1. The van der Waals surface area contributed by atoms with Gasteiger partial charge in [-0.1, -0.05) is 23.2 Å². The van der Waals surface area contributed by atoms with E-state index >= 15 is 0 Å². The van der Waals surface area contributed by atoms with Gasteiger partial charge in [0.25, 0.3) is 0 Å². The van der Waals surface area contributed by atoms with Crippen molar-refractivity contribution in [3.8, 4) is 5.75 Å². The Balaban J connectivity index is 1.48. The number of halogens is 2. The zero-order valence-corrected chi connectivity index (χ0v) is 21.1. The van der Waals surface area contributed by atoms with Gasteiger partial charge in [-0.2, -0.15) is 5.10 Å². The second-order valence-electron chi connectivity index (χ2n) is 7.80. The molecule has 1 aliphatic rings. The van der Waals surface area contributed by atoms with Gasteiger partial charge in [0.2, 0.25) is 0 Å². The van der Waals surface area contributed by atoms with E-state index in [4.69, 9.17) is 44.8 Å². The molecule has 0 spiro atoms. The van der Waals surface area contributed by atoms with Crippen molar-refractivity contribution in [2.45, 2.75) is 6.23 Å². The van der Waals surface area contributed by atoms with Crippen LogP contribution in [0.4, 0.5) is 11.5 Å². The number of piperazine rings is 1. The minimum absolute atomic E-state index is 0.0453. The van der Waals surface area contributed by atoms with Crippen LogP contribution in [-0.2, 0) is 11.4 Å². The number of nitrogen functional groups attached to an aromatic ring is 1. The van der Waals surface area contributed by atoms with E-state index in [-0.39, 0.29) is 15.9 Å². The molecule has 1 aromatic carbocycles. The van der Waals surface area contributed by atoms with Crippen molar-refractivity contribution >= 4 is 51.8 Å². The van der Waals surface area contributed by atoms with Gasteiger partial charge in [-0.05, 0) is 30.3 Å². The van der Waals surface area contributed by atoms with Crippen molar-refractivity contribution < 1.29 is 9.29 Å². The molecule has 5 N–H and O–H groups in total. The van der Waals surface area contributed by atoms with Gasteiger partial charge in [-0.15, -0.1) is 9.40 Å². The molecule has 1 fully saturated rings. The van der Waals surface area contributed by atoms with Crippen molar-refractivity contribution in [1.82, 2.24) is 19.5 Å². The van der Waals surface area contributed by atoms with E-state index in [2.05, 4.69) is 20.1 Å². The quantitative estimate of drug-likeness (QED) is 0.179. The van der Waals surface area contributed by atoms with E-state index in [0.717, 1.165) is 18.9 Å². The number of ether oxygens (including phenoxy) is 1. The number of nitrogens with one attached hydrogen (secondary N) is 1. The molecule has 0 saturated carbocycles. The zero-order valence-electron chi connectivity index (χ0n) is 18.8.